The minimum absolute atomic E-state index is 0.292. The summed E-state index contributed by atoms with van der Waals surface area (Å²) in [5.74, 6) is 0. The van der Waals surface area contributed by atoms with E-state index in [1.807, 2.05) is 18.2 Å². The average Bonchev–Trinajstić information content (AvgIpc) is 2.14. The third kappa shape index (κ3) is 2.96. The average molecular weight is 163 g/mol. The van der Waals surface area contributed by atoms with Gasteiger partial charge in [0.2, 0.25) is 0 Å². The van der Waals surface area contributed by atoms with Crippen LogP contribution in [0.25, 0.3) is 6.08 Å². The van der Waals surface area contributed by atoms with Crippen molar-refractivity contribution in [2.24, 2.45) is 0 Å². The molecule has 0 amide bonds. The van der Waals surface area contributed by atoms with Crippen molar-refractivity contribution >= 4 is 12.5 Å². The normalized spacial score (nSPS) is 10.0. The largest absolute Gasteiger partial charge is 0.464 e. The minimum atomic E-state index is 0.292. The summed E-state index contributed by atoms with van der Waals surface area (Å²) in [6, 6.07) is 5.62. The number of nitrogens with zero attached hydrogens (tertiary/aromatic N) is 1. The molecule has 1 aromatic rings. The molecular weight excluding hydrogens is 154 g/mol. The van der Waals surface area contributed by atoms with E-state index in [1.165, 1.54) is 0 Å². The van der Waals surface area contributed by atoms with Gasteiger partial charge in [-0.15, -0.1) is 0 Å². The lowest BCUT2D eigenvalue weighted by Gasteiger charge is -1.90. The van der Waals surface area contributed by atoms with E-state index >= 15 is 0 Å². The Hall–Kier alpha value is -1.64. The second-order valence-corrected chi connectivity index (χ2v) is 2.09. The zero-order chi connectivity index (χ0) is 8.65. The fourth-order valence-corrected chi connectivity index (χ4v) is 0.738. The van der Waals surface area contributed by atoms with Crippen LogP contribution >= 0.6 is 0 Å². The number of hydrogen-bond donors (Lipinski definition) is 0. The first-order valence-corrected chi connectivity index (χ1v) is 3.56. The van der Waals surface area contributed by atoms with Gasteiger partial charge in [0.1, 0.15) is 6.61 Å². The van der Waals surface area contributed by atoms with Crippen LogP contribution in [0, 0.1) is 0 Å². The Kier molecular flexibility index (Phi) is 3.57. The summed E-state index contributed by atoms with van der Waals surface area (Å²) < 4.78 is 4.46. The molecule has 0 atom stereocenters. The molecule has 62 valence electrons. The highest BCUT2D eigenvalue weighted by molar-refractivity contribution is 5.44. The molecule has 3 nitrogen and oxygen atoms in total. The molecule has 1 heterocycles. The predicted molar refractivity (Wildman–Crippen MR) is 45.3 cm³/mol. The summed E-state index contributed by atoms with van der Waals surface area (Å²) in [6.45, 7) is 0.711. The minimum Gasteiger partial charge on any atom is -0.464 e. The van der Waals surface area contributed by atoms with Crippen molar-refractivity contribution in [2.45, 2.75) is 0 Å². The van der Waals surface area contributed by atoms with Gasteiger partial charge in [-0.3, -0.25) is 9.78 Å². The van der Waals surface area contributed by atoms with E-state index in [4.69, 9.17) is 0 Å². The first-order valence-electron chi connectivity index (χ1n) is 3.56. The summed E-state index contributed by atoms with van der Waals surface area (Å²) >= 11 is 0. The van der Waals surface area contributed by atoms with Crippen LogP contribution in [-0.2, 0) is 9.53 Å². The Morgan fingerprint density at radius 1 is 1.50 bits per heavy atom. The highest BCUT2D eigenvalue weighted by Crippen LogP contribution is 1.95. The number of carbonyl (C=O) groups excluding carboxylic acids is 1. The lowest BCUT2D eigenvalue weighted by Crippen LogP contribution is -1.85. The number of hydrogen-bond acceptors (Lipinski definition) is 3. The van der Waals surface area contributed by atoms with Crippen LogP contribution in [0.3, 0.4) is 0 Å². The fraction of sp³-hybridized carbons (Fsp3) is 0.111. The molecule has 0 saturated carbocycles. The number of rotatable bonds is 4. The Bertz CT molecular complexity index is 256. The fourth-order valence-electron chi connectivity index (χ4n) is 0.738. The van der Waals surface area contributed by atoms with E-state index in [1.54, 1.807) is 18.3 Å². The van der Waals surface area contributed by atoms with Crippen LogP contribution in [0.2, 0.25) is 0 Å². The SMILES string of the molecule is O=COC/C=C/c1ccccn1. The Morgan fingerprint density at radius 3 is 3.08 bits per heavy atom. The molecule has 0 fully saturated rings. The van der Waals surface area contributed by atoms with Crippen molar-refractivity contribution in [3.8, 4) is 0 Å². The number of pyridine rings is 1. The molecule has 1 rings (SSSR count). The van der Waals surface area contributed by atoms with Crippen molar-refractivity contribution < 1.29 is 9.53 Å². The zero-order valence-electron chi connectivity index (χ0n) is 6.51. The van der Waals surface area contributed by atoms with Crippen molar-refractivity contribution in [1.29, 1.82) is 0 Å². The summed E-state index contributed by atoms with van der Waals surface area (Å²) in [6.07, 6.45) is 5.24. The van der Waals surface area contributed by atoms with Gasteiger partial charge < -0.3 is 4.74 Å². The molecule has 0 radical (unpaired) electrons. The lowest BCUT2D eigenvalue weighted by molar-refractivity contribution is -0.127. The summed E-state index contributed by atoms with van der Waals surface area (Å²) in [5, 5.41) is 0. The van der Waals surface area contributed by atoms with Crippen LogP contribution in [0.1, 0.15) is 5.69 Å². The molecule has 0 aliphatic carbocycles. The molecule has 3 heteroatoms. The van der Waals surface area contributed by atoms with E-state index in [0.717, 1.165) is 5.69 Å². The van der Waals surface area contributed by atoms with E-state index in [9.17, 15) is 4.79 Å². The van der Waals surface area contributed by atoms with E-state index < -0.39 is 0 Å². The van der Waals surface area contributed by atoms with Crippen LogP contribution < -0.4 is 0 Å². The smallest absolute Gasteiger partial charge is 0.293 e. The Balaban J connectivity index is 2.41. The van der Waals surface area contributed by atoms with Crippen molar-refractivity contribution in [3.05, 3.63) is 36.2 Å². The Labute approximate surface area is 70.7 Å². The van der Waals surface area contributed by atoms with E-state index in [0.29, 0.717) is 13.1 Å². The molecule has 0 saturated heterocycles. The monoisotopic (exact) mass is 163 g/mol. The van der Waals surface area contributed by atoms with Crippen molar-refractivity contribution in [2.75, 3.05) is 6.61 Å². The van der Waals surface area contributed by atoms with E-state index in [2.05, 4.69) is 9.72 Å². The maximum atomic E-state index is 9.74. The number of aromatic nitrogens is 1. The molecule has 0 unspecified atom stereocenters. The molecule has 0 spiro atoms. The third-order valence-corrected chi connectivity index (χ3v) is 1.24. The Morgan fingerprint density at radius 2 is 2.42 bits per heavy atom. The number of ether oxygens (including phenoxy) is 1. The maximum Gasteiger partial charge on any atom is 0.293 e. The highest BCUT2D eigenvalue weighted by Gasteiger charge is 1.82. The van der Waals surface area contributed by atoms with Crippen molar-refractivity contribution in [1.82, 2.24) is 4.98 Å². The highest BCUT2D eigenvalue weighted by atomic mass is 16.5. The van der Waals surface area contributed by atoms with Gasteiger partial charge >= 0.3 is 0 Å². The van der Waals surface area contributed by atoms with Gasteiger partial charge in [0, 0.05) is 6.20 Å². The van der Waals surface area contributed by atoms with Gasteiger partial charge in [-0.25, -0.2) is 0 Å². The molecule has 0 aliphatic rings. The second-order valence-electron chi connectivity index (χ2n) is 2.09. The van der Waals surface area contributed by atoms with Crippen LogP contribution in [0.4, 0.5) is 0 Å². The molecule has 12 heavy (non-hydrogen) atoms. The zero-order valence-corrected chi connectivity index (χ0v) is 6.51. The van der Waals surface area contributed by atoms with Crippen LogP contribution in [0.5, 0.6) is 0 Å². The standard InChI is InChI=1S/C9H9NO2/c11-8-12-7-3-5-9-4-1-2-6-10-9/h1-6,8H,7H2/b5-3+. The first-order chi connectivity index (χ1) is 5.93. The molecule has 0 bridgehead atoms. The summed E-state index contributed by atoms with van der Waals surface area (Å²) in [5.41, 5.74) is 0.854. The van der Waals surface area contributed by atoms with Gasteiger partial charge in [0.15, 0.2) is 0 Å². The van der Waals surface area contributed by atoms with Gasteiger partial charge in [0.25, 0.3) is 6.47 Å². The summed E-state index contributed by atoms with van der Waals surface area (Å²) in [4.78, 5) is 13.8. The molecular formula is C9H9NO2. The van der Waals surface area contributed by atoms with Crippen LogP contribution in [-0.4, -0.2) is 18.1 Å². The van der Waals surface area contributed by atoms with Crippen molar-refractivity contribution in [3.63, 3.8) is 0 Å². The van der Waals surface area contributed by atoms with Gasteiger partial charge in [-0.2, -0.15) is 0 Å². The van der Waals surface area contributed by atoms with E-state index in [-0.39, 0.29) is 0 Å². The topological polar surface area (TPSA) is 39.2 Å². The second kappa shape index (κ2) is 5.07. The van der Waals surface area contributed by atoms with Gasteiger partial charge in [0.05, 0.1) is 5.69 Å². The van der Waals surface area contributed by atoms with Gasteiger partial charge in [-0.05, 0) is 24.3 Å². The molecule has 0 aliphatic heterocycles. The summed E-state index contributed by atoms with van der Waals surface area (Å²) in [7, 11) is 0. The maximum absolute atomic E-state index is 9.74. The molecule has 0 aromatic carbocycles. The van der Waals surface area contributed by atoms with Crippen LogP contribution in [0.15, 0.2) is 30.5 Å². The molecule has 0 N–H and O–H groups in total. The molecule has 1 aromatic heterocycles. The van der Waals surface area contributed by atoms with Gasteiger partial charge in [-0.1, -0.05) is 6.07 Å². The quantitative estimate of drug-likeness (QED) is 0.495. The first kappa shape index (κ1) is 8.46. The predicted octanol–water partition coefficient (Wildman–Crippen LogP) is 1.27. The lowest BCUT2D eigenvalue weighted by atomic mass is 10.3. The third-order valence-electron chi connectivity index (χ3n) is 1.24. The number of carbonyl (C=O) groups is 1.